The number of carbonyl (C=O) groups is 1. The smallest absolute Gasteiger partial charge is 0.243 e. The second-order valence-corrected chi connectivity index (χ2v) is 7.30. The quantitative estimate of drug-likeness (QED) is 0.812. The van der Waals surface area contributed by atoms with Crippen molar-refractivity contribution in [2.75, 3.05) is 19.3 Å². The Kier molecular flexibility index (Phi) is 4.46. The molecule has 1 amide bonds. The van der Waals surface area contributed by atoms with E-state index in [1.807, 2.05) is 0 Å². The fraction of sp³-hybridized carbons (Fsp3) is 0.462. The third-order valence-electron chi connectivity index (χ3n) is 3.62. The molecule has 0 bridgehead atoms. The van der Waals surface area contributed by atoms with E-state index in [1.54, 1.807) is 6.92 Å². The van der Waals surface area contributed by atoms with E-state index in [9.17, 15) is 13.2 Å². The highest BCUT2D eigenvalue weighted by Crippen LogP contribution is 2.31. The van der Waals surface area contributed by atoms with E-state index in [0.717, 1.165) is 0 Å². The number of nitrogens with two attached hydrogens (primary N) is 1. The van der Waals surface area contributed by atoms with Crippen molar-refractivity contribution in [2.45, 2.75) is 30.7 Å². The molecule has 116 valence electrons. The number of amides is 1. The van der Waals surface area contributed by atoms with Gasteiger partial charge in [-0.1, -0.05) is 11.6 Å². The highest BCUT2D eigenvalue weighted by Gasteiger charge is 2.39. The second kappa shape index (κ2) is 5.82. The molecule has 0 radical (unpaired) electrons. The summed E-state index contributed by atoms with van der Waals surface area (Å²) in [6.07, 6.45) is 1.17. The van der Waals surface area contributed by atoms with Crippen LogP contribution in [0, 0.1) is 6.92 Å². The summed E-state index contributed by atoms with van der Waals surface area (Å²) in [6.45, 7) is 2.01. The molecule has 1 heterocycles. The lowest BCUT2D eigenvalue weighted by atomic mass is 10.2. The molecule has 1 saturated heterocycles. The van der Waals surface area contributed by atoms with Crippen molar-refractivity contribution in [1.82, 2.24) is 9.62 Å². The average Bonchev–Trinajstić information content (AvgIpc) is 2.93. The minimum atomic E-state index is -3.77. The molecule has 1 aliphatic rings. The predicted molar refractivity (Wildman–Crippen MR) is 81.6 cm³/mol. The molecule has 1 aliphatic heterocycles. The molecule has 1 unspecified atom stereocenters. The van der Waals surface area contributed by atoms with Gasteiger partial charge in [0.1, 0.15) is 6.04 Å². The normalized spacial score (nSPS) is 19.7. The number of carbonyl (C=O) groups excluding carboxylic acids is 1. The highest BCUT2D eigenvalue weighted by molar-refractivity contribution is 7.89. The first-order valence-corrected chi connectivity index (χ1v) is 8.40. The van der Waals surface area contributed by atoms with Crippen molar-refractivity contribution in [1.29, 1.82) is 0 Å². The van der Waals surface area contributed by atoms with Crippen molar-refractivity contribution < 1.29 is 13.2 Å². The minimum Gasteiger partial charge on any atom is -0.397 e. The molecule has 0 aliphatic carbocycles. The van der Waals surface area contributed by atoms with Gasteiger partial charge in [0.25, 0.3) is 0 Å². The molecular formula is C13H18ClN3O3S. The van der Waals surface area contributed by atoms with E-state index < -0.39 is 16.1 Å². The number of anilines is 1. The number of aryl methyl sites for hydroxylation is 1. The van der Waals surface area contributed by atoms with Crippen LogP contribution in [0.5, 0.6) is 0 Å². The topological polar surface area (TPSA) is 92.5 Å². The van der Waals surface area contributed by atoms with Gasteiger partial charge in [-0.3, -0.25) is 4.79 Å². The molecule has 2 rings (SSSR count). The molecule has 0 spiro atoms. The summed E-state index contributed by atoms with van der Waals surface area (Å²) < 4.78 is 26.7. The van der Waals surface area contributed by atoms with Gasteiger partial charge >= 0.3 is 0 Å². The van der Waals surface area contributed by atoms with E-state index in [2.05, 4.69) is 5.32 Å². The van der Waals surface area contributed by atoms with Crippen LogP contribution in [0.15, 0.2) is 17.0 Å². The fourth-order valence-electron chi connectivity index (χ4n) is 2.50. The zero-order chi connectivity index (χ0) is 15.8. The van der Waals surface area contributed by atoms with Crippen LogP contribution in [0.2, 0.25) is 5.02 Å². The number of likely N-dealkylation sites (N-methyl/N-ethyl adjacent to an activating group) is 1. The lowest BCUT2D eigenvalue weighted by Crippen LogP contribution is -2.44. The van der Waals surface area contributed by atoms with Crippen molar-refractivity contribution in [3.05, 3.63) is 22.7 Å². The Bertz CT molecular complexity index is 652. The third kappa shape index (κ3) is 2.86. The Morgan fingerprint density at radius 1 is 1.48 bits per heavy atom. The summed E-state index contributed by atoms with van der Waals surface area (Å²) in [5.74, 6) is -0.297. The van der Waals surface area contributed by atoms with Gasteiger partial charge in [-0.2, -0.15) is 4.31 Å². The number of nitrogens with one attached hydrogen (secondary N) is 1. The van der Waals surface area contributed by atoms with E-state index in [1.165, 1.54) is 23.5 Å². The Labute approximate surface area is 129 Å². The van der Waals surface area contributed by atoms with Crippen LogP contribution in [-0.4, -0.2) is 38.3 Å². The average molecular weight is 332 g/mol. The molecule has 8 heteroatoms. The highest BCUT2D eigenvalue weighted by atomic mass is 35.5. The van der Waals surface area contributed by atoms with Gasteiger partial charge in [0.05, 0.1) is 15.6 Å². The second-order valence-electron chi connectivity index (χ2n) is 5.03. The van der Waals surface area contributed by atoms with Crippen molar-refractivity contribution in [3.8, 4) is 0 Å². The largest absolute Gasteiger partial charge is 0.397 e. The molecule has 6 nitrogen and oxygen atoms in total. The Hall–Kier alpha value is -1.31. The molecular weight excluding hydrogens is 314 g/mol. The van der Waals surface area contributed by atoms with Gasteiger partial charge in [-0.05, 0) is 37.5 Å². The molecule has 3 N–H and O–H groups in total. The molecule has 1 aromatic rings. The summed E-state index contributed by atoms with van der Waals surface area (Å²) in [7, 11) is -2.27. The van der Waals surface area contributed by atoms with Gasteiger partial charge in [0, 0.05) is 13.6 Å². The van der Waals surface area contributed by atoms with Crippen molar-refractivity contribution >= 4 is 33.2 Å². The Morgan fingerprint density at radius 2 is 2.14 bits per heavy atom. The number of hydrogen-bond acceptors (Lipinski definition) is 4. The van der Waals surface area contributed by atoms with Crippen LogP contribution >= 0.6 is 11.6 Å². The monoisotopic (exact) mass is 331 g/mol. The first kappa shape index (κ1) is 16.1. The lowest BCUT2D eigenvalue weighted by Gasteiger charge is -2.23. The first-order chi connectivity index (χ1) is 9.78. The number of halogens is 1. The van der Waals surface area contributed by atoms with Gasteiger partial charge in [-0.15, -0.1) is 0 Å². The van der Waals surface area contributed by atoms with Gasteiger partial charge < -0.3 is 11.1 Å². The van der Waals surface area contributed by atoms with Crippen LogP contribution in [0.25, 0.3) is 0 Å². The van der Waals surface area contributed by atoms with Crippen LogP contribution in [0.4, 0.5) is 5.69 Å². The number of sulfonamides is 1. The van der Waals surface area contributed by atoms with Gasteiger partial charge in [-0.25, -0.2) is 8.42 Å². The number of rotatable bonds is 3. The Balaban J connectivity index is 2.45. The maximum Gasteiger partial charge on any atom is 0.243 e. The van der Waals surface area contributed by atoms with E-state index in [-0.39, 0.29) is 16.5 Å². The molecule has 0 saturated carbocycles. The maximum absolute atomic E-state index is 12.7. The standard InChI is InChI=1S/C13H18ClN3O3S/c1-8-6-9(7-10(15)12(8)14)21(19,20)17-5-3-4-11(17)13(18)16-2/h6-7,11H,3-5,15H2,1-2H3,(H,16,18). The van der Waals surface area contributed by atoms with Crippen LogP contribution in [-0.2, 0) is 14.8 Å². The summed E-state index contributed by atoms with van der Waals surface area (Å²) >= 11 is 5.96. The zero-order valence-corrected chi connectivity index (χ0v) is 13.5. The van der Waals surface area contributed by atoms with E-state index >= 15 is 0 Å². The molecule has 1 fully saturated rings. The predicted octanol–water partition coefficient (Wildman–Crippen LogP) is 1.13. The Morgan fingerprint density at radius 3 is 2.71 bits per heavy atom. The number of nitrogens with zero attached hydrogens (tertiary/aromatic N) is 1. The summed E-state index contributed by atoms with van der Waals surface area (Å²) in [4.78, 5) is 11.9. The lowest BCUT2D eigenvalue weighted by molar-refractivity contribution is -0.123. The van der Waals surface area contributed by atoms with E-state index in [4.69, 9.17) is 17.3 Å². The minimum absolute atomic E-state index is 0.0673. The number of nitrogen functional groups attached to an aromatic ring is 1. The maximum atomic E-state index is 12.7. The summed E-state index contributed by atoms with van der Waals surface area (Å²) in [5.41, 5.74) is 6.55. The van der Waals surface area contributed by atoms with Crippen molar-refractivity contribution in [3.63, 3.8) is 0 Å². The van der Waals surface area contributed by atoms with E-state index in [0.29, 0.717) is 30.0 Å². The fourth-order valence-corrected chi connectivity index (χ4v) is 4.39. The molecule has 21 heavy (non-hydrogen) atoms. The molecule has 0 aromatic heterocycles. The zero-order valence-electron chi connectivity index (χ0n) is 11.9. The third-order valence-corrected chi connectivity index (χ3v) is 6.02. The first-order valence-electron chi connectivity index (χ1n) is 6.58. The van der Waals surface area contributed by atoms with Crippen LogP contribution in [0.1, 0.15) is 18.4 Å². The number of hydrogen-bond donors (Lipinski definition) is 2. The van der Waals surface area contributed by atoms with Crippen molar-refractivity contribution in [2.24, 2.45) is 0 Å². The van der Waals surface area contributed by atoms with Gasteiger partial charge in [0.2, 0.25) is 15.9 Å². The summed E-state index contributed by atoms with van der Waals surface area (Å²) in [5, 5.41) is 2.85. The summed E-state index contributed by atoms with van der Waals surface area (Å²) in [6, 6.07) is 2.15. The SMILES string of the molecule is CNC(=O)C1CCCN1S(=O)(=O)c1cc(C)c(Cl)c(N)c1. The van der Waals surface area contributed by atoms with Gasteiger partial charge in [0.15, 0.2) is 0 Å². The van der Waals surface area contributed by atoms with Crippen LogP contribution in [0.3, 0.4) is 0 Å². The van der Waals surface area contributed by atoms with Crippen LogP contribution < -0.4 is 11.1 Å². The molecule has 1 aromatic carbocycles. The number of benzene rings is 1. The molecule has 1 atom stereocenters.